The van der Waals surface area contributed by atoms with E-state index in [0.717, 1.165) is 12.0 Å². The Morgan fingerprint density at radius 3 is 2.45 bits per heavy atom. The summed E-state index contributed by atoms with van der Waals surface area (Å²) in [6.07, 6.45) is 2.54. The van der Waals surface area contributed by atoms with Crippen LogP contribution in [0.5, 0.6) is 0 Å². The highest BCUT2D eigenvalue weighted by Gasteiger charge is 2.13. The SMILES string of the molecule is CC(C)(C)Cc1c[nH][nH]c1=O. The Balaban J connectivity index is 2.80. The summed E-state index contributed by atoms with van der Waals surface area (Å²) in [5, 5.41) is 5.19. The lowest BCUT2D eigenvalue weighted by Crippen LogP contribution is -2.15. The molecule has 0 amide bonds. The lowest BCUT2D eigenvalue weighted by atomic mass is 9.89. The molecule has 0 aliphatic carbocycles. The highest BCUT2D eigenvalue weighted by atomic mass is 16.1. The van der Waals surface area contributed by atoms with Crippen molar-refractivity contribution in [1.29, 1.82) is 0 Å². The van der Waals surface area contributed by atoms with Crippen LogP contribution in [0.15, 0.2) is 11.0 Å². The minimum Gasteiger partial charge on any atom is -0.305 e. The maximum Gasteiger partial charge on any atom is 0.267 e. The molecule has 1 heterocycles. The fourth-order valence-corrected chi connectivity index (χ4v) is 1.04. The first-order chi connectivity index (χ1) is 4.99. The van der Waals surface area contributed by atoms with Crippen molar-refractivity contribution in [1.82, 2.24) is 10.2 Å². The van der Waals surface area contributed by atoms with Crippen LogP contribution < -0.4 is 5.56 Å². The normalized spacial score (nSPS) is 11.9. The van der Waals surface area contributed by atoms with Gasteiger partial charge in [-0.05, 0) is 11.8 Å². The van der Waals surface area contributed by atoms with Gasteiger partial charge in [0.15, 0.2) is 0 Å². The maximum atomic E-state index is 11.0. The summed E-state index contributed by atoms with van der Waals surface area (Å²) >= 11 is 0. The first kappa shape index (κ1) is 8.11. The molecule has 0 saturated carbocycles. The van der Waals surface area contributed by atoms with Crippen molar-refractivity contribution < 1.29 is 0 Å². The maximum absolute atomic E-state index is 11.0. The Kier molecular flexibility index (Phi) is 1.89. The smallest absolute Gasteiger partial charge is 0.267 e. The predicted octanol–water partition coefficient (Wildman–Crippen LogP) is 1.29. The highest BCUT2D eigenvalue weighted by Crippen LogP contribution is 2.17. The molecule has 0 bridgehead atoms. The quantitative estimate of drug-likeness (QED) is 0.629. The molecular weight excluding hydrogens is 140 g/mol. The van der Waals surface area contributed by atoms with Crippen LogP contribution in [0, 0.1) is 5.41 Å². The molecule has 0 aliphatic heterocycles. The van der Waals surface area contributed by atoms with Crippen LogP contribution in [0.3, 0.4) is 0 Å². The van der Waals surface area contributed by atoms with Gasteiger partial charge in [0.2, 0.25) is 0 Å². The van der Waals surface area contributed by atoms with Gasteiger partial charge in [-0.1, -0.05) is 20.8 Å². The van der Waals surface area contributed by atoms with Crippen molar-refractivity contribution in [2.24, 2.45) is 5.41 Å². The molecule has 0 aliphatic rings. The second-order valence-corrected chi connectivity index (χ2v) is 4.01. The van der Waals surface area contributed by atoms with E-state index in [1.807, 2.05) is 0 Å². The fourth-order valence-electron chi connectivity index (χ4n) is 1.04. The minimum absolute atomic E-state index is 0.0000694. The average Bonchev–Trinajstić information content (AvgIpc) is 2.12. The number of nitrogens with one attached hydrogen (secondary N) is 2. The molecule has 2 N–H and O–H groups in total. The van der Waals surface area contributed by atoms with Gasteiger partial charge in [0.05, 0.1) is 0 Å². The van der Waals surface area contributed by atoms with Crippen LogP contribution in [0.1, 0.15) is 26.3 Å². The van der Waals surface area contributed by atoms with Crippen molar-refractivity contribution in [2.45, 2.75) is 27.2 Å². The van der Waals surface area contributed by atoms with E-state index >= 15 is 0 Å². The Bertz CT molecular complexity index is 277. The zero-order chi connectivity index (χ0) is 8.48. The van der Waals surface area contributed by atoms with E-state index in [9.17, 15) is 4.79 Å². The van der Waals surface area contributed by atoms with Gasteiger partial charge in [-0.2, -0.15) is 0 Å². The van der Waals surface area contributed by atoms with E-state index in [1.165, 1.54) is 0 Å². The second-order valence-electron chi connectivity index (χ2n) is 4.01. The molecule has 1 aromatic rings. The molecule has 0 atom stereocenters. The van der Waals surface area contributed by atoms with Crippen LogP contribution in [0.25, 0.3) is 0 Å². The van der Waals surface area contributed by atoms with E-state index in [-0.39, 0.29) is 11.0 Å². The molecule has 1 rings (SSSR count). The number of hydrogen-bond donors (Lipinski definition) is 2. The monoisotopic (exact) mass is 154 g/mol. The Labute approximate surface area is 65.8 Å². The predicted molar refractivity (Wildman–Crippen MR) is 44.6 cm³/mol. The van der Waals surface area contributed by atoms with Crippen LogP contribution in [-0.4, -0.2) is 10.2 Å². The summed E-state index contributed by atoms with van der Waals surface area (Å²) in [4.78, 5) is 11.0. The van der Waals surface area contributed by atoms with Gasteiger partial charge in [-0.15, -0.1) is 0 Å². The standard InChI is InChI=1S/C8H14N2O/c1-8(2,3)4-6-5-9-10-7(6)11/h5H,4H2,1-3H3,(H2,9,10,11). The molecule has 0 radical (unpaired) electrons. The van der Waals surface area contributed by atoms with E-state index < -0.39 is 0 Å². The third-order valence-electron chi connectivity index (χ3n) is 1.44. The summed E-state index contributed by atoms with van der Waals surface area (Å²) in [6.45, 7) is 6.33. The van der Waals surface area contributed by atoms with E-state index in [2.05, 4.69) is 31.0 Å². The number of hydrogen-bond acceptors (Lipinski definition) is 1. The van der Waals surface area contributed by atoms with Gasteiger partial charge < -0.3 is 5.10 Å². The number of aromatic nitrogens is 2. The summed E-state index contributed by atoms with van der Waals surface area (Å²) in [5.41, 5.74) is 1.01. The number of aromatic amines is 2. The van der Waals surface area contributed by atoms with Gasteiger partial charge >= 0.3 is 0 Å². The number of rotatable bonds is 1. The highest BCUT2D eigenvalue weighted by molar-refractivity contribution is 5.05. The molecule has 0 spiro atoms. The van der Waals surface area contributed by atoms with Gasteiger partial charge in [0, 0.05) is 11.8 Å². The molecule has 0 fully saturated rings. The van der Waals surface area contributed by atoms with Crippen molar-refractivity contribution in [3.8, 4) is 0 Å². The lowest BCUT2D eigenvalue weighted by Gasteiger charge is -2.15. The first-order valence-electron chi connectivity index (χ1n) is 3.74. The van der Waals surface area contributed by atoms with E-state index in [1.54, 1.807) is 6.20 Å². The van der Waals surface area contributed by atoms with Gasteiger partial charge in [-0.25, -0.2) is 0 Å². The van der Waals surface area contributed by atoms with Crippen molar-refractivity contribution >= 4 is 0 Å². The number of H-pyrrole nitrogens is 2. The molecule has 3 heteroatoms. The summed E-state index contributed by atoms with van der Waals surface area (Å²) in [6, 6.07) is 0. The van der Waals surface area contributed by atoms with Crippen LogP contribution in [-0.2, 0) is 6.42 Å². The van der Waals surface area contributed by atoms with Crippen molar-refractivity contribution in [3.05, 3.63) is 22.1 Å². The molecule has 0 unspecified atom stereocenters. The largest absolute Gasteiger partial charge is 0.305 e. The summed E-state index contributed by atoms with van der Waals surface area (Å²) in [7, 11) is 0. The molecule has 3 nitrogen and oxygen atoms in total. The van der Waals surface area contributed by atoms with Crippen LogP contribution >= 0.6 is 0 Å². The summed E-state index contributed by atoms with van der Waals surface area (Å²) in [5.74, 6) is 0. The van der Waals surface area contributed by atoms with Crippen LogP contribution in [0.4, 0.5) is 0 Å². The third kappa shape index (κ3) is 2.26. The van der Waals surface area contributed by atoms with E-state index in [0.29, 0.717) is 0 Å². The zero-order valence-corrected chi connectivity index (χ0v) is 7.19. The molecule has 0 saturated heterocycles. The molecular formula is C8H14N2O. The summed E-state index contributed by atoms with van der Waals surface area (Å²) < 4.78 is 0. The van der Waals surface area contributed by atoms with Crippen molar-refractivity contribution in [3.63, 3.8) is 0 Å². The van der Waals surface area contributed by atoms with Gasteiger partial charge in [-0.3, -0.25) is 9.89 Å². The lowest BCUT2D eigenvalue weighted by molar-refractivity contribution is 0.410. The molecule has 1 aromatic heterocycles. The average molecular weight is 154 g/mol. The van der Waals surface area contributed by atoms with Crippen LogP contribution in [0.2, 0.25) is 0 Å². The Morgan fingerprint density at radius 1 is 1.45 bits per heavy atom. The van der Waals surface area contributed by atoms with Gasteiger partial charge in [0.1, 0.15) is 0 Å². The topological polar surface area (TPSA) is 48.6 Å². The Morgan fingerprint density at radius 2 is 2.09 bits per heavy atom. The molecule has 11 heavy (non-hydrogen) atoms. The van der Waals surface area contributed by atoms with E-state index in [4.69, 9.17) is 0 Å². The third-order valence-corrected chi connectivity index (χ3v) is 1.44. The van der Waals surface area contributed by atoms with Gasteiger partial charge in [0.25, 0.3) is 5.56 Å². The first-order valence-corrected chi connectivity index (χ1v) is 3.74. The van der Waals surface area contributed by atoms with Crippen molar-refractivity contribution in [2.75, 3.05) is 0 Å². The minimum atomic E-state index is -0.0000694. The molecule has 0 aromatic carbocycles. The fraction of sp³-hybridized carbons (Fsp3) is 0.625. The zero-order valence-electron chi connectivity index (χ0n) is 7.19. The second kappa shape index (κ2) is 2.57. The molecule has 62 valence electrons. The Hall–Kier alpha value is -0.990.